The molecule has 0 saturated heterocycles. The van der Waals surface area contributed by atoms with Gasteiger partial charge < -0.3 is 15.4 Å². The maximum atomic E-state index is 12.3. The van der Waals surface area contributed by atoms with Gasteiger partial charge in [0.2, 0.25) is 0 Å². The topological polar surface area (TPSA) is 50.4 Å². The lowest BCUT2D eigenvalue weighted by Gasteiger charge is -2.14. The van der Waals surface area contributed by atoms with E-state index in [4.69, 9.17) is 16.3 Å². The Morgan fingerprint density at radius 1 is 1.17 bits per heavy atom. The Hall–Kier alpha value is -2.04. The molecule has 0 heterocycles. The minimum Gasteiger partial charge on any atom is -0.488 e. The van der Waals surface area contributed by atoms with Crippen LogP contribution in [-0.4, -0.2) is 25.5 Å². The molecule has 0 fully saturated rings. The third-order valence-corrected chi connectivity index (χ3v) is 3.90. The molecule has 2 aromatic carbocycles. The molecule has 0 aliphatic heterocycles. The lowest BCUT2D eigenvalue weighted by Crippen LogP contribution is -2.37. The summed E-state index contributed by atoms with van der Waals surface area (Å²) in [6, 6.07) is 14.9. The van der Waals surface area contributed by atoms with Crippen molar-refractivity contribution in [2.75, 3.05) is 13.6 Å². The molecule has 2 aromatic rings. The van der Waals surface area contributed by atoms with Gasteiger partial charge in [-0.05, 0) is 32.2 Å². The van der Waals surface area contributed by atoms with E-state index in [0.29, 0.717) is 29.5 Å². The number of rotatable bonds is 7. The molecule has 0 spiro atoms. The zero-order chi connectivity index (χ0) is 16.7. The van der Waals surface area contributed by atoms with Crippen LogP contribution in [0.25, 0.3) is 0 Å². The fourth-order valence-corrected chi connectivity index (χ4v) is 2.18. The van der Waals surface area contributed by atoms with Gasteiger partial charge >= 0.3 is 0 Å². The second-order valence-electron chi connectivity index (χ2n) is 5.28. The van der Waals surface area contributed by atoms with Gasteiger partial charge in [0.25, 0.3) is 5.91 Å². The van der Waals surface area contributed by atoms with Crippen molar-refractivity contribution in [1.82, 2.24) is 10.6 Å². The highest BCUT2D eigenvalue weighted by Crippen LogP contribution is 2.21. The molecule has 122 valence electrons. The average Bonchev–Trinajstić information content (AvgIpc) is 2.59. The predicted octanol–water partition coefficient (Wildman–Crippen LogP) is 3.26. The number of likely N-dealkylation sites (N-methyl/N-ethyl adjacent to an activating group) is 1. The highest BCUT2D eigenvalue weighted by molar-refractivity contribution is 6.31. The fourth-order valence-electron chi connectivity index (χ4n) is 1.99. The summed E-state index contributed by atoms with van der Waals surface area (Å²) >= 11 is 6.13. The molecule has 0 aliphatic carbocycles. The molecule has 2 rings (SSSR count). The molecule has 1 amide bonds. The van der Waals surface area contributed by atoms with E-state index in [-0.39, 0.29) is 11.9 Å². The number of hydrogen-bond donors (Lipinski definition) is 2. The van der Waals surface area contributed by atoms with E-state index in [0.717, 1.165) is 5.56 Å². The summed E-state index contributed by atoms with van der Waals surface area (Å²) in [6.45, 7) is 2.87. The third-order valence-electron chi connectivity index (χ3n) is 3.53. The van der Waals surface area contributed by atoms with Crippen LogP contribution in [0, 0.1) is 0 Å². The summed E-state index contributed by atoms with van der Waals surface area (Å²) in [5.41, 5.74) is 1.40. The summed E-state index contributed by atoms with van der Waals surface area (Å²) in [6.07, 6.45) is 0. The van der Waals surface area contributed by atoms with Gasteiger partial charge in [-0.3, -0.25) is 4.79 Å². The Morgan fingerprint density at radius 2 is 1.87 bits per heavy atom. The van der Waals surface area contributed by atoms with Crippen LogP contribution < -0.4 is 15.4 Å². The first kappa shape index (κ1) is 17.3. The molecule has 23 heavy (non-hydrogen) atoms. The number of para-hydroxylation sites is 1. The quantitative estimate of drug-likeness (QED) is 0.818. The van der Waals surface area contributed by atoms with Crippen molar-refractivity contribution in [3.63, 3.8) is 0 Å². The van der Waals surface area contributed by atoms with E-state index in [1.165, 1.54) is 0 Å². The van der Waals surface area contributed by atoms with Gasteiger partial charge in [0.05, 0.1) is 5.56 Å². The number of carbonyl (C=O) groups is 1. The summed E-state index contributed by atoms with van der Waals surface area (Å²) in [7, 11) is 1.86. The standard InChI is InChI=1S/C18H21ClN2O2/c1-13(20-2)11-21-18(22)15-8-4-6-10-17(15)23-12-14-7-3-5-9-16(14)19/h3-10,13,20H,11-12H2,1-2H3,(H,21,22). The number of nitrogens with one attached hydrogen (secondary N) is 2. The largest absolute Gasteiger partial charge is 0.488 e. The number of halogens is 1. The Bertz CT molecular complexity index is 661. The zero-order valence-corrected chi connectivity index (χ0v) is 14.1. The van der Waals surface area contributed by atoms with E-state index in [2.05, 4.69) is 10.6 Å². The molecule has 1 atom stereocenters. The van der Waals surface area contributed by atoms with E-state index in [1.54, 1.807) is 12.1 Å². The average molecular weight is 333 g/mol. The van der Waals surface area contributed by atoms with Gasteiger partial charge in [-0.1, -0.05) is 41.9 Å². The summed E-state index contributed by atoms with van der Waals surface area (Å²) < 4.78 is 5.80. The van der Waals surface area contributed by atoms with Gasteiger partial charge in [-0.15, -0.1) is 0 Å². The van der Waals surface area contributed by atoms with E-state index < -0.39 is 0 Å². The molecular weight excluding hydrogens is 312 g/mol. The Morgan fingerprint density at radius 3 is 2.61 bits per heavy atom. The number of ether oxygens (including phenoxy) is 1. The number of hydrogen-bond acceptors (Lipinski definition) is 3. The van der Waals surface area contributed by atoms with Gasteiger partial charge in [0, 0.05) is 23.2 Å². The van der Waals surface area contributed by atoms with Crippen LogP contribution in [0.3, 0.4) is 0 Å². The van der Waals surface area contributed by atoms with Crippen LogP contribution in [0.4, 0.5) is 0 Å². The molecule has 1 unspecified atom stereocenters. The van der Waals surface area contributed by atoms with E-state index in [9.17, 15) is 4.79 Å². The lowest BCUT2D eigenvalue weighted by molar-refractivity contribution is 0.0946. The van der Waals surface area contributed by atoms with Crippen molar-refractivity contribution in [3.05, 3.63) is 64.7 Å². The van der Waals surface area contributed by atoms with Crippen molar-refractivity contribution >= 4 is 17.5 Å². The number of benzene rings is 2. The van der Waals surface area contributed by atoms with Crippen molar-refractivity contribution in [3.8, 4) is 5.75 Å². The van der Waals surface area contributed by atoms with E-state index >= 15 is 0 Å². The van der Waals surface area contributed by atoms with Crippen molar-refractivity contribution in [2.24, 2.45) is 0 Å². The maximum absolute atomic E-state index is 12.3. The van der Waals surface area contributed by atoms with Crippen LogP contribution in [0.15, 0.2) is 48.5 Å². The maximum Gasteiger partial charge on any atom is 0.255 e. The highest BCUT2D eigenvalue weighted by Gasteiger charge is 2.13. The second kappa shape index (κ2) is 8.56. The molecule has 0 radical (unpaired) electrons. The first-order chi connectivity index (χ1) is 11.1. The summed E-state index contributed by atoms with van der Waals surface area (Å²) in [4.78, 5) is 12.3. The molecular formula is C18H21ClN2O2. The van der Waals surface area contributed by atoms with Crippen LogP contribution in [0.1, 0.15) is 22.8 Å². The van der Waals surface area contributed by atoms with Gasteiger partial charge in [-0.2, -0.15) is 0 Å². The lowest BCUT2D eigenvalue weighted by atomic mass is 10.1. The first-order valence-electron chi connectivity index (χ1n) is 7.52. The molecule has 5 heteroatoms. The van der Waals surface area contributed by atoms with Crippen LogP contribution in [-0.2, 0) is 6.61 Å². The number of amides is 1. The normalized spacial score (nSPS) is 11.8. The van der Waals surface area contributed by atoms with Gasteiger partial charge in [0.15, 0.2) is 0 Å². The molecule has 0 bridgehead atoms. The number of carbonyl (C=O) groups excluding carboxylic acids is 1. The molecule has 2 N–H and O–H groups in total. The van der Waals surface area contributed by atoms with Gasteiger partial charge in [-0.25, -0.2) is 0 Å². The molecule has 0 aromatic heterocycles. The predicted molar refractivity (Wildman–Crippen MR) is 93.1 cm³/mol. The summed E-state index contributed by atoms with van der Waals surface area (Å²) in [5.74, 6) is 0.392. The van der Waals surface area contributed by atoms with Gasteiger partial charge in [0.1, 0.15) is 12.4 Å². The van der Waals surface area contributed by atoms with Crippen LogP contribution in [0.2, 0.25) is 5.02 Å². The van der Waals surface area contributed by atoms with Crippen LogP contribution >= 0.6 is 11.6 Å². The summed E-state index contributed by atoms with van der Waals surface area (Å²) in [5, 5.41) is 6.62. The smallest absolute Gasteiger partial charge is 0.255 e. The minimum absolute atomic E-state index is 0.151. The first-order valence-corrected chi connectivity index (χ1v) is 7.90. The Balaban J connectivity index is 2.05. The molecule has 0 aliphatic rings. The van der Waals surface area contributed by atoms with Crippen LogP contribution in [0.5, 0.6) is 5.75 Å². The molecule has 4 nitrogen and oxygen atoms in total. The van der Waals surface area contributed by atoms with Crippen molar-refractivity contribution in [1.29, 1.82) is 0 Å². The monoisotopic (exact) mass is 332 g/mol. The fraction of sp³-hybridized carbons (Fsp3) is 0.278. The zero-order valence-electron chi connectivity index (χ0n) is 13.3. The highest BCUT2D eigenvalue weighted by atomic mass is 35.5. The Labute approximate surface area is 141 Å². The van der Waals surface area contributed by atoms with Crippen molar-refractivity contribution < 1.29 is 9.53 Å². The van der Waals surface area contributed by atoms with E-state index in [1.807, 2.05) is 50.4 Å². The second-order valence-corrected chi connectivity index (χ2v) is 5.68. The SMILES string of the molecule is CNC(C)CNC(=O)c1ccccc1OCc1ccccc1Cl. The Kier molecular flexibility index (Phi) is 6.44. The molecule has 0 saturated carbocycles. The van der Waals surface area contributed by atoms with Crippen molar-refractivity contribution in [2.45, 2.75) is 19.6 Å². The minimum atomic E-state index is -0.151. The third kappa shape index (κ3) is 4.98.